The van der Waals surface area contributed by atoms with Gasteiger partial charge in [0, 0.05) is 30.1 Å². The number of rotatable bonds is 6. The van der Waals surface area contributed by atoms with Crippen molar-refractivity contribution in [1.29, 1.82) is 0 Å². The molecule has 4 aromatic rings. The second-order valence-electron chi connectivity index (χ2n) is 7.88. The first-order valence-corrected chi connectivity index (χ1v) is 10.9. The number of carbonyl (C=O) groups excluding carboxylic acids is 1. The predicted molar refractivity (Wildman–Crippen MR) is 123 cm³/mol. The SMILES string of the molecule is O=C(Nc1ccccn1)c1ccc(Oc2ccnc3[nH]nc(NC4CCCCC4)c23)cc1. The van der Waals surface area contributed by atoms with E-state index < -0.39 is 0 Å². The van der Waals surface area contributed by atoms with Gasteiger partial charge in [0.05, 0.1) is 0 Å². The predicted octanol–water partition coefficient (Wildman–Crippen LogP) is 5.14. The van der Waals surface area contributed by atoms with Crippen molar-refractivity contribution >= 4 is 28.6 Å². The molecule has 32 heavy (non-hydrogen) atoms. The molecule has 8 heteroatoms. The zero-order valence-electron chi connectivity index (χ0n) is 17.5. The highest BCUT2D eigenvalue weighted by Gasteiger charge is 2.19. The first-order chi connectivity index (χ1) is 15.8. The maximum absolute atomic E-state index is 12.4. The maximum atomic E-state index is 12.4. The van der Waals surface area contributed by atoms with E-state index >= 15 is 0 Å². The van der Waals surface area contributed by atoms with Crippen molar-refractivity contribution in [2.75, 3.05) is 10.6 Å². The lowest BCUT2D eigenvalue weighted by Crippen LogP contribution is -2.22. The average molecular weight is 428 g/mol. The topological polar surface area (TPSA) is 105 Å². The van der Waals surface area contributed by atoms with Gasteiger partial charge in [-0.1, -0.05) is 25.3 Å². The highest BCUT2D eigenvalue weighted by molar-refractivity contribution is 6.03. The number of aromatic nitrogens is 4. The number of hydrogen-bond acceptors (Lipinski definition) is 6. The van der Waals surface area contributed by atoms with Crippen molar-refractivity contribution in [2.24, 2.45) is 0 Å². The van der Waals surface area contributed by atoms with E-state index in [1.54, 1.807) is 48.8 Å². The summed E-state index contributed by atoms with van der Waals surface area (Å²) >= 11 is 0. The molecule has 8 nitrogen and oxygen atoms in total. The Bertz CT molecular complexity index is 1200. The van der Waals surface area contributed by atoms with Crippen LogP contribution in [0.1, 0.15) is 42.5 Å². The summed E-state index contributed by atoms with van der Waals surface area (Å²) in [7, 11) is 0. The lowest BCUT2D eigenvalue weighted by Gasteiger charge is -2.22. The van der Waals surface area contributed by atoms with Crippen molar-refractivity contribution < 1.29 is 9.53 Å². The van der Waals surface area contributed by atoms with Crippen molar-refractivity contribution in [2.45, 2.75) is 38.1 Å². The van der Waals surface area contributed by atoms with Crippen LogP contribution in [0.15, 0.2) is 60.9 Å². The molecule has 3 heterocycles. The van der Waals surface area contributed by atoms with E-state index in [4.69, 9.17) is 4.74 Å². The van der Waals surface area contributed by atoms with Crippen molar-refractivity contribution in [3.8, 4) is 11.5 Å². The summed E-state index contributed by atoms with van der Waals surface area (Å²) in [6, 6.07) is 14.6. The summed E-state index contributed by atoms with van der Waals surface area (Å²) < 4.78 is 6.15. The van der Waals surface area contributed by atoms with Crippen LogP contribution in [0.25, 0.3) is 11.0 Å². The minimum absolute atomic E-state index is 0.227. The molecule has 0 aliphatic heterocycles. The van der Waals surface area contributed by atoms with E-state index in [0.29, 0.717) is 34.6 Å². The lowest BCUT2D eigenvalue weighted by molar-refractivity contribution is 0.102. The van der Waals surface area contributed by atoms with Gasteiger partial charge in [-0.05, 0) is 49.2 Å². The van der Waals surface area contributed by atoms with Crippen LogP contribution in [0.4, 0.5) is 11.6 Å². The van der Waals surface area contributed by atoms with Crippen molar-refractivity contribution in [1.82, 2.24) is 20.2 Å². The number of hydrogen-bond donors (Lipinski definition) is 3. The summed E-state index contributed by atoms with van der Waals surface area (Å²) in [4.78, 5) is 20.9. The van der Waals surface area contributed by atoms with Gasteiger partial charge in [0.2, 0.25) is 0 Å². The number of ether oxygens (including phenoxy) is 1. The Morgan fingerprint density at radius 3 is 2.59 bits per heavy atom. The molecule has 0 saturated heterocycles. The molecule has 1 fully saturated rings. The Morgan fingerprint density at radius 1 is 0.969 bits per heavy atom. The standard InChI is InChI=1S/C24H24N6O2/c31-24(28-20-8-4-5-14-25-20)16-9-11-18(12-10-16)32-19-13-15-26-22-21(19)23(30-29-22)27-17-6-2-1-3-7-17/h4-5,8-15,17H,1-3,6-7H2,(H,25,28,31)(H2,26,27,29,30). The number of H-pyrrole nitrogens is 1. The summed E-state index contributed by atoms with van der Waals surface area (Å²) in [6.07, 6.45) is 9.39. The number of benzene rings is 1. The number of nitrogens with zero attached hydrogens (tertiary/aromatic N) is 3. The first kappa shape index (κ1) is 20.0. The second kappa shape index (κ2) is 9.05. The quantitative estimate of drug-likeness (QED) is 0.393. The van der Waals surface area contributed by atoms with Gasteiger partial charge in [-0.2, -0.15) is 5.10 Å². The molecular formula is C24H24N6O2. The monoisotopic (exact) mass is 428 g/mol. The molecule has 162 valence electrons. The highest BCUT2D eigenvalue weighted by Crippen LogP contribution is 2.34. The largest absolute Gasteiger partial charge is 0.456 e. The van der Waals surface area contributed by atoms with Crippen LogP contribution in [0, 0.1) is 0 Å². The number of carbonyl (C=O) groups is 1. The lowest BCUT2D eigenvalue weighted by atomic mass is 9.95. The molecule has 1 aliphatic carbocycles. The van der Waals surface area contributed by atoms with E-state index in [-0.39, 0.29) is 5.91 Å². The van der Waals surface area contributed by atoms with Crippen LogP contribution in [0.2, 0.25) is 0 Å². The zero-order valence-corrected chi connectivity index (χ0v) is 17.5. The number of anilines is 2. The number of pyridine rings is 2. The fraction of sp³-hybridized carbons (Fsp3) is 0.250. The third-order valence-electron chi connectivity index (χ3n) is 5.62. The van der Waals surface area contributed by atoms with E-state index in [1.807, 2.05) is 12.1 Å². The number of amides is 1. The maximum Gasteiger partial charge on any atom is 0.256 e. The molecule has 1 amide bonds. The molecule has 0 spiro atoms. The molecule has 0 radical (unpaired) electrons. The Hall–Kier alpha value is -3.94. The summed E-state index contributed by atoms with van der Waals surface area (Å²) in [6.45, 7) is 0. The van der Waals surface area contributed by atoms with Gasteiger partial charge in [0.15, 0.2) is 11.5 Å². The average Bonchev–Trinajstić information content (AvgIpc) is 3.24. The first-order valence-electron chi connectivity index (χ1n) is 10.9. The van der Waals surface area contributed by atoms with E-state index in [9.17, 15) is 4.79 Å². The third kappa shape index (κ3) is 4.39. The van der Waals surface area contributed by atoms with E-state index in [0.717, 1.165) is 24.0 Å². The molecule has 3 N–H and O–H groups in total. The van der Waals surface area contributed by atoms with Crippen LogP contribution in [0.3, 0.4) is 0 Å². The van der Waals surface area contributed by atoms with Gasteiger partial charge in [-0.15, -0.1) is 0 Å². The van der Waals surface area contributed by atoms with Gasteiger partial charge in [0.1, 0.15) is 22.7 Å². The zero-order chi connectivity index (χ0) is 21.8. The fourth-order valence-electron chi connectivity index (χ4n) is 3.98. The van der Waals surface area contributed by atoms with Crippen LogP contribution in [-0.2, 0) is 0 Å². The van der Waals surface area contributed by atoms with Crippen molar-refractivity contribution in [3.63, 3.8) is 0 Å². The highest BCUT2D eigenvalue weighted by atomic mass is 16.5. The van der Waals surface area contributed by atoms with Crippen molar-refractivity contribution in [3.05, 3.63) is 66.5 Å². The smallest absolute Gasteiger partial charge is 0.256 e. The number of aromatic amines is 1. The molecule has 1 saturated carbocycles. The molecule has 0 atom stereocenters. The Labute approximate surface area is 185 Å². The van der Waals surface area contributed by atoms with Gasteiger partial charge in [0.25, 0.3) is 5.91 Å². The van der Waals surface area contributed by atoms with Crippen LogP contribution < -0.4 is 15.4 Å². The molecule has 5 rings (SSSR count). The number of nitrogens with one attached hydrogen (secondary N) is 3. The number of fused-ring (bicyclic) bond motifs is 1. The summed E-state index contributed by atoms with van der Waals surface area (Å²) in [5.74, 6) is 2.33. The second-order valence-corrected chi connectivity index (χ2v) is 7.88. The molecule has 0 bridgehead atoms. The normalized spacial score (nSPS) is 14.2. The summed E-state index contributed by atoms with van der Waals surface area (Å²) in [5.41, 5.74) is 1.19. The van der Waals surface area contributed by atoms with Crippen LogP contribution in [-0.4, -0.2) is 32.1 Å². The fourth-order valence-corrected chi connectivity index (χ4v) is 3.98. The minimum atomic E-state index is -0.227. The van der Waals surface area contributed by atoms with Gasteiger partial charge in [-0.3, -0.25) is 9.89 Å². The van der Waals surface area contributed by atoms with Crippen LogP contribution in [0.5, 0.6) is 11.5 Å². The molecule has 1 aromatic carbocycles. The Morgan fingerprint density at radius 2 is 1.81 bits per heavy atom. The molecule has 1 aliphatic rings. The Kier molecular flexibility index (Phi) is 5.65. The molecule has 3 aromatic heterocycles. The van der Waals surface area contributed by atoms with Gasteiger partial charge in [-0.25, -0.2) is 9.97 Å². The Balaban J connectivity index is 1.33. The minimum Gasteiger partial charge on any atom is -0.456 e. The van der Waals surface area contributed by atoms with Gasteiger partial charge >= 0.3 is 0 Å². The molecular weight excluding hydrogens is 404 g/mol. The third-order valence-corrected chi connectivity index (χ3v) is 5.62. The molecule has 0 unspecified atom stereocenters. The van der Waals surface area contributed by atoms with E-state index in [2.05, 4.69) is 30.8 Å². The van der Waals surface area contributed by atoms with Crippen LogP contribution >= 0.6 is 0 Å². The van der Waals surface area contributed by atoms with E-state index in [1.165, 1.54) is 19.3 Å². The summed E-state index contributed by atoms with van der Waals surface area (Å²) in [5, 5.41) is 14.6. The van der Waals surface area contributed by atoms with Gasteiger partial charge < -0.3 is 15.4 Å².